The maximum atomic E-state index is 14.3. The smallest absolute Gasteiger partial charge is 0.247 e. The minimum atomic E-state index is -0.745. The second-order valence-electron chi connectivity index (χ2n) is 11.2. The Balaban J connectivity index is 1.47. The lowest BCUT2D eigenvalue weighted by atomic mass is 9.78. The summed E-state index contributed by atoms with van der Waals surface area (Å²) in [4.78, 5) is 48.2. The van der Waals surface area contributed by atoms with Gasteiger partial charge in [-0.1, -0.05) is 80.8 Å². The van der Waals surface area contributed by atoms with Crippen molar-refractivity contribution in [3.05, 3.63) is 60.2 Å². The Bertz CT molecular complexity index is 1110. The molecule has 0 saturated carbocycles. The first-order valence-electron chi connectivity index (χ1n) is 14.6. The molecule has 1 unspecified atom stereocenters. The van der Waals surface area contributed by atoms with Crippen molar-refractivity contribution >= 4 is 29.5 Å². The number of thioether (sulfide) groups is 1. The SMILES string of the molecule is CCCCN1CC=C[C@]23S[C@H]4C=CCN(Cc5ccccc5)C(=O)[C@H]4[C@H]2C(=O)N(CCCCCCO)C3C1=O. The second-order valence-corrected chi connectivity index (χ2v) is 12.7. The third-order valence-electron chi connectivity index (χ3n) is 8.63. The number of likely N-dealkylation sites (tertiary alicyclic amines) is 1. The van der Waals surface area contributed by atoms with Crippen LogP contribution in [-0.4, -0.2) is 86.4 Å². The number of nitrogens with zero attached hydrogens (tertiary/aromatic N) is 3. The average Bonchev–Trinajstić information content (AvgIpc) is 3.26. The van der Waals surface area contributed by atoms with E-state index in [0.29, 0.717) is 32.7 Å². The van der Waals surface area contributed by atoms with E-state index in [2.05, 4.69) is 31.2 Å². The van der Waals surface area contributed by atoms with Crippen molar-refractivity contribution in [2.45, 2.75) is 68.0 Å². The van der Waals surface area contributed by atoms with E-state index in [1.165, 1.54) is 0 Å². The first-order valence-corrected chi connectivity index (χ1v) is 15.4. The van der Waals surface area contributed by atoms with Crippen LogP contribution in [-0.2, 0) is 20.9 Å². The van der Waals surface area contributed by atoms with Crippen LogP contribution in [0.25, 0.3) is 0 Å². The van der Waals surface area contributed by atoms with Crippen molar-refractivity contribution in [3.8, 4) is 0 Å². The Morgan fingerprint density at radius 3 is 2.44 bits per heavy atom. The van der Waals surface area contributed by atoms with E-state index in [9.17, 15) is 14.4 Å². The number of aliphatic hydroxyl groups is 1. The number of benzene rings is 1. The number of aliphatic hydroxyl groups excluding tert-OH is 1. The van der Waals surface area contributed by atoms with Crippen molar-refractivity contribution in [3.63, 3.8) is 0 Å². The fourth-order valence-corrected chi connectivity index (χ4v) is 8.73. The highest BCUT2D eigenvalue weighted by Gasteiger charge is 2.70. The molecule has 5 atom stereocenters. The second kappa shape index (κ2) is 12.3. The number of carbonyl (C=O) groups is 3. The van der Waals surface area contributed by atoms with Crippen LogP contribution in [0.1, 0.15) is 51.0 Å². The molecule has 1 aromatic rings. The topological polar surface area (TPSA) is 81.2 Å². The van der Waals surface area contributed by atoms with Crippen LogP contribution in [0.2, 0.25) is 0 Å². The van der Waals surface area contributed by atoms with E-state index < -0.39 is 22.6 Å². The average molecular weight is 552 g/mol. The van der Waals surface area contributed by atoms with Crippen molar-refractivity contribution < 1.29 is 19.5 Å². The maximum absolute atomic E-state index is 14.3. The molecule has 8 heteroatoms. The highest BCUT2D eigenvalue weighted by atomic mass is 32.2. The van der Waals surface area contributed by atoms with Crippen molar-refractivity contribution in [2.24, 2.45) is 11.8 Å². The van der Waals surface area contributed by atoms with Gasteiger partial charge in [0.15, 0.2) is 0 Å². The van der Waals surface area contributed by atoms with Gasteiger partial charge >= 0.3 is 0 Å². The molecule has 1 N–H and O–H groups in total. The van der Waals surface area contributed by atoms with Gasteiger partial charge < -0.3 is 19.8 Å². The highest BCUT2D eigenvalue weighted by Crippen LogP contribution is 2.61. The summed E-state index contributed by atoms with van der Waals surface area (Å²) in [5, 5.41) is 9.02. The predicted molar refractivity (Wildman–Crippen MR) is 154 cm³/mol. The van der Waals surface area contributed by atoms with Gasteiger partial charge in [0.1, 0.15) is 6.04 Å². The summed E-state index contributed by atoms with van der Waals surface area (Å²) in [7, 11) is 0. The molecule has 7 nitrogen and oxygen atoms in total. The molecular formula is C31H41N3O4S. The van der Waals surface area contributed by atoms with Crippen LogP contribution in [0, 0.1) is 11.8 Å². The van der Waals surface area contributed by atoms with Crippen molar-refractivity contribution in [1.82, 2.24) is 14.7 Å². The number of unbranched alkanes of at least 4 members (excludes halogenated alkanes) is 4. The van der Waals surface area contributed by atoms with Gasteiger partial charge in [-0.15, -0.1) is 11.8 Å². The summed E-state index contributed by atoms with van der Waals surface area (Å²) >= 11 is 1.66. The van der Waals surface area contributed by atoms with Gasteiger partial charge in [-0.05, 0) is 24.8 Å². The fraction of sp³-hybridized carbons (Fsp3) is 0.581. The standard InChI is InChI=1S/C31H41N3O4S/c1-2-3-17-32-19-12-16-31-26(29(37)34(27(31)30(32)38)20-9-4-5-10-21-35)25-24(39-31)15-11-18-33(28(25)36)22-23-13-7-6-8-14-23/h6-8,11-16,24-27,35H,2-5,9-10,17-22H2,1H3/t24-,25+,26-,27?,31-/m0/s1. The van der Waals surface area contributed by atoms with E-state index in [4.69, 9.17) is 5.11 Å². The van der Waals surface area contributed by atoms with E-state index in [1.54, 1.807) is 11.8 Å². The van der Waals surface area contributed by atoms with Gasteiger partial charge in [0.05, 0.1) is 16.6 Å². The molecule has 4 aliphatic rings. The summed E-state index contributed by atoms with van der Waals surface area (Å²) in [6.07, 6.45) is 13.6. The molecule has 4 aliphatic heterocycles. The van der Waals surface area contributed by atoms with E-state index >= 15 is 0 Å². The van der Waals surface area contributed by atoms with E-state index in [-0.39, 0.29) is 29.6 Å². The van der Waals surface area contributed by atoms with Gasteiger partial charge in [0.2, 0.25) is 17.7 Å². The molecule has 39 heavy (non-hydrogen) atoms. The maximum Gasteiger partial charge on any atom is 0.247 e. The molecule has 3 amide bonds. The van der Waals surface area contributed by atoms with Gasteiger partial charge in [0, 0.05) is 44.6 Å². The van der Waals surface area contributed by atoms with Crippen molar-refractivity contribution in [1.29, 1.82) is 0 Å². The summed E-state index contributed by atoms with van der Waals surface area (Å²) in [6.45, 7) is 5.03. The monoisotopic (exact) mass is 551 g/mol. The molecule has 0 aliphatic carbocycles. The van der Waals surface area contributed by atoms with Gasteiger partial charge in [-0.3, -0.25) is 14.4 Å². The predicted octanol–water partition coefficient (Wildman–Crippen LogP) is 3.63. The van der Waals surface area contributed by atoms with Crippen LogP contribution in [0.4, 0.5) is 0 Å². The molecule has 2 fully saturated rings. The molecular weight excluding hydrogens is 510 g/mol. The lowest BCUT2D eigenvalue weighted by Gasteiger charge is -2.35. The molecule has 1 spiro atoms. The Labute approximate surface area is 236 Å². The Morgan fingerprint density at radius 2 is 1.67 bits per heavy atom. The molecule has 0 aromatic heterocycles. The van der Waals surface area contributed by atoms with Crippen LogP contribution in [0.3, 0.4) is 0 Å². The zero-order chi connectivity index (χ0) is 27.4. The highest BCUT2D eigenvalue weighted by molar-refractivity contribution is 8.02. The summed E-state index contributed by atoms with van der Waals surface area (Å²) in [5.74, 6) is -1.09. The first-order chi connectivity index (χ1) is 19.0. The minimum absolute atomic E-state index is 0.00746. The van der Waals surface area contributed by atoms with E-state index in [1.807, 2.05) is 45.0 Å². The Hall–Kier alpha value is -2.58. The Morgan fingerprint density at radius 1 is 0.897 bits per heavy atom. The van der Waals surface area contributed by atoms with Gasteiger partial charge in [-0.25, -0.2) is 0 Å². The van der Waals surface area contributed by atoms with Gasteiger partial charge in [-0.2, -0.15) is 0 Å². The lowest BCUT2D eigenvalue weighted by Crippen LogP contribution is -2.53. The number of rotatable bonds is 11. The van der Waals surface area contributed by atoms with Crippen LogP contribution in [0.15, 0.2) is 54.6 Å². The Kier molecular flexibility index (Phi) is 8.82. The molecule has 2 saturated heterocycles. The largest absolute Gasteiger partial charge is 0.396 e. The summed E-state index contributed by atoms with van der Waals surface area (Å²) in [5.41, 5.74) is 1.06. The summed E-state index contributed by atoms with van der Waals surface area (Å²) in [6, 6.07) is 9.38. The van der Waals surface area contributed by atoms with Gasteiger partial charge in [0.25, 0.3) is 0 Å². The van der Waals surface area contributed by atoms with Crippen LogP contribution in [0.5, 0.6) is 0 Å². The number of fused-ring (bicyclic) bond motifs is 2. The zero-order valence-electron chi connectivity index (χ0n) is 22.9. The van der Waals surface area contributed by atoms with E-state index in [0.717, 1.165) is 44.1 Å². The number of carbonyl (C=O) groups excluding carboxylic acids is 3. The molecule has 210 valence electrons. The molecule has 0 radical (unpaired) electrons. The van der Waals surface area contributed by atoms with Crippen LogP contribution >= 0.6 is 11.8 Å². The summed E-state index contributed by atoms with van der Waals surface area (Å²) < 4.78 is -0.745. The zero-order valence-corrected chi connectivity index (χ0v) is 23.7. The molecule has 5 rings (SSSR count). The number of hydrogen-bond acceptors (Lipinski definition) is 5. The molecule has 4 heterocycles. The number of amides is 3. The van der Waals surface area contributed by atoms with Crippen LogP contribution < -0.4 is 0 Å². The fourth-order valence-electron chi connectivity index (χ4n) is 6.72. The lowest BCUT2D eigenvalue weighted by molar-refractivity contribution is -0.144. The minimum Gasteiger partial charge on any atom is -0.396 e. The molecule has 1 aromatic carbocycles. The van der Waals surface area contributed by atoms with Crippen molar-refractivity contribution in [2.75, 3.05) is 32.8 Å². The third kappa shape index (κ3) is 5.30. The normalized spacial score (nSPS) is 29.9. The first kappa shape index (κ1) is 28.0. The quantitative estimate of drug-likeness (QED) is 0.336. The molecule has 0 bridgehead atoms. The third-order valence-corrected chi connectivity index (χ3v) is 10.4. The number of hydrogen-bond donors (Lipinski definition) is 1.